The predicted molar refractivity (Wildman–Crippen MR) is 79.4 cm³/mol. The van der Waals surface area contributed by atoms with E-state index in [1.54, 1.807) is 25.3 Å². The van der Waals surface area contributed by atoms with Crippen molar-refractivity contribution in [3.63, 3.8) is 0 Å². The highest BCUT2D eigenvalue weighted by molar-refractivity contribution is 7.10. The fraction of sp³-hybridized carbons (Fsp3) is 0.643. The molecule has 0 aromatic carbocycles. The van der Waals surface area contributed by atoms with E-state index in [0.717, 1.165) is 4.88 Å². The van der Waals surface area contributed by atoms with E-state index in [4.69, 9.17) is 0 Å². The third kappa shape index (κ3) is 4.84. The van der Waals surface area contributed by atoms with Gasteiger partial charge in [-0.1, -0.05) is 26.8 Å². The first-order chi connectivity index (χ1) is 8.71. The summed E-state index contributed by atoms with van der Waals surface area (Å²) >= 11 is 1.64. The lowest BCUT2D eigenvalue weighted by Gasteiger charge is -2.32. The molecule has 0 bridgehead atoms. The molecule has 0 saturated carbocycles. The summed E-state index contributed by atoms with van der Waals surface area (Å²) in [4.78, 5) is 14.8. The minimum Gasteiger partial charge on any atom is -0.392 e. The molecule has 2 atom stereocenters. The molecule has 0 fully saturated rings. The summed E-state index contributed by atoms with van der Waals surface area (Å²) in [6.07, 6.45) is -0.523. The van der Waals surface area contributed by atoms with E-state index in [1.807, 2.05) is 17.5 Å². The lowest BCUT2D eigenvalue weighted by molar-refractivity contribution is 0.138. The molecule has 1 rings (SSSR count). The molecule has 0 aliphatic rings. The maximum absolute atomic E-state index is 12.1. The van der Waals surface area contributed by atoms with Gasteiger partial charge in [-0.05, 0) is 23.8 Å². The fourth-order valence-electron chi connectivity index (χ4n) is 1.88. The van der Waals surface area contributed by atoms with Crippen LogP contribution in [0.15, 0.2) is 17.5 Å². The summed E-state index contributed by atoms with van der Waals surface area (Å²) in [5.74, 6) is 0. The van der Waals surface area contributed by atoms with Crippen LogP contribution < -0.4 is 5.32 Å². The number of nitrogens with one attached hydrogen (secondary N) is 1. The molecule has 5 heteroatoms. The largest absolute Gasteiger partial charge is 0.392 e. The van der Waals surface area contributed by atoms with Gasteiger partial charge in [-0.3, -0.25) is 0 Å². The second-order valence-electron chi connectivity index (χ2n) is 5.99. The number of likely N-dealkylation sites (N-methyl/N-ethyl adjacent to an activating group) is 1. The molecule has 1 aromatic rings. The number of rotatable bonds is 4. The van der Waals surface area contributed by atoms with Crippen molar-refractivity contribution in [3.8, 4) is 0 Å². The Balaban J connectivity index is 2.77. The van der Waals surface area contributed by atoms with Crippen molar-refractivity contribution in [1.82, 2.24) is 10.2 Å². The lowest BCUT2D eigenvalue weighted by atomic mass is 9.86. The van der Waals surface area contributed by atoms with Gasteiger partial charge in [0.15, 0.2) is 0 Å². The minimum atomic E-state index is -0.523. The van der Waals surface area contributed by atoms with Gasteiger partial charge >= 0.3 is 6.03 Å². The van der Waals surface area contributed by atoms with E-state index in [0.29, 0.717) is 6.54 Å². The van der Waals surface area contributed by atoms with Crippen LogP contribution in [0.25, 0.3) is 0 Å². The number of amides is 2. The Hall–Kier alpha value is -1.07. The van der Waals surface area contributed by atoms with E-state index in [9.17, 15) is 9.90 Å². The van der Waals surface area contributed by atoms with Gasteiger partial charge in [0.25, 0.3) is 0 Å². The van der Waals surface area contributed by atoms with Crippen molar-refractivity contribution >= 4 is 17.4 Å². The fourth-order valence-corrected chi connectivity index (χ4v) is 2.90. The quantitative estimate of drug-likeness (QED) is 0.893. The zero-order valence-electron chi connectivity index (χ0n) is 12.3. The maximum Gasteiger partial charge on any atom is 0.317 e. The monoisotopic (exact) mass is 284 g/mol. The lowest BCUT2D eigenvalue weighted by Crippen LogP contribution is -2.45. The number of aliphatic hydroxyl groups is 1. The topological polar surface area (TPSA) is 52.6 Å². The van der Waals surface area contributed by atoms with E-state index < -0.39 is 6.10 Å². The SMILES string of the molecule is CC(O)CN(C)C(=O)NC(c1cccs1)C(C)(C)C. The average Bonchev–Trinajstić information content (AvgIpc) is 2.75. The van der Waals surface area contributed by atoms with E-state index >= 15 is 0 Å². The highest BCUT2D eigenvalue weighted by Crippen LogP contribution is 2.35. The van der Waals surface area contributed by atoms with Gasteiger partial charge < -0.3 is 15.3 Å². The van der Waals surface area contributed by atoms with Gasteiger partial charge in [-0.15, -0.1) is 11.3 Å². The van der Waals surface area contributed by atoms with Crippen LogP contribution in [0.4, 0.5) is 4.79 Å². The van der Waals surface area contributed by atoms with Gasteiger partial charge in [0.05, 0.1) is 12.1 Å². The molecule has 108 valence electrons. The molecule has 2 unspecified atom stereocenters. The van der Waals surface area contributed by atoms with E-state index in [1.165, 1.54) is 4.90 Å². The Morgan fingerprint density at radius 3 is 2.58 bits per heavy atom. The summed E-state index contributed by atoms with van der Waals surface area (Å²) in [6.45, 7) is 8.31. The maximum atomic E-state index is 12.1. The van der Waals surface area contributed by atoms with Crippen molar-refractivity contribution in [3.05, 3.63) is 22.4 Å². The normalized spacial score (nSPS) is 14.8. The number of nitrogens with zero attached hydrogens (tertiary/aromatic N) is 1. The first kappa shape index (κ1) is 16.0. The summed E-state index contributed by atoms with van der Waals surface area (Å²) in [7, 11) is 1.69. The van der Waals surface area contributed by atoms with Crippen LogP contribution in [0.2, 0.25) is 0 Å². The smallest absolute Gasteiger partial charge is 0.317 e. The zero-order chi connectivity index (χ0) is 14.6. The van der Waals surface area contributed by atoms with Crippen LogP contribution in [0, 0.1) is 5.41 Å². The molecule has 0 spiro atoms. The van der Waals surface area contributed by atoms with Crippen molar-refractivity contribution in [2.75, 3.05) is 13.6 Å². The second-order valence-corrected chi connectivity index (χ2v) is 6.97. The van der Waals surface area contributed by atoms with Crippen LogP contribution >= 0.6 is 11.3 Å². The molecular weight excluding hydrogens is 260 g/mol. The predicted octanol–water partition coefficient (Wildman–Crippen LogP) is 2.86. The zero-order valence-corrected chi connectivity index (χ0v) is 13.1. The van der Waals surface area contributed by atoms with Crippen LogP contribution in [-0.2, 0) is 0 Å². The van der Waals surface area contributed by atoms with Crippen LogP contribution in [0.5, 0.6) is 0 Å². The van der Waals surface area contributed by atoms with E-state index in [2.05, 4.69) is 26.1 Å². The summed E-state index contributed by atoms with van der Waals surface area (Å²) in [6, 6.07) is 3.84. The molecule has 1 heterocycles. The number of carbonyl (C=O) groups excluding carboxylic acids is 1. The summed E-state index contributed by atoms with van der Waals surface area (Å²) in [5, 5.41) is 14.4. The number of hydrogen-bond acceptors (Lipinski definition) is 3. The van der Waals surface area contributed by atoms with Gasteiger partial charge in [0.2, 0.25) is 0 Å². The molecule has 2 amide bonds. The Bertz CT molecular complexity index is 396. The molecule has 0 aliphatic heterocycles. The Labute approximate surface area is 119 Å². The highest BCUT2D eigenvalue weighted by Gasteiger charge is 2.29. The van der Waals surface area contributed by atoms with E-state index in [-0.39, 0.29) is 17.5 Å². The molecule has 0 saturated heterocycles. The van der Waals surface area contributed by atoms with Crippen molar-refractivity contribution in [2.45, 2.75) is 39.8 Å². The van der Waals surface area contributed by atoms with Crippen LogP contribution in [-0.4, -0.2) is 35.7 Å². The van der Waals surface area contributed by atoms with Crippen molar-refractivity contribution in [2.24, 2.45) is 5.41 Å². The third-order valence-electron chi connectivity index (χ3n) is 2.85. The average molecular weight is 284 g/mol. The van der Waals surface area contributed by atoms with Crippen molar-refractivity contribution in [1.29, 1.82) is 0 Å². The van der Waals surface area contributed by atoms with Gasteiger partial charge in [-0.25, -0.2) is 4.79 Å². The van der Waals surface area contributed by atoms with Gasteiger partial charge in [-0.2, -0.15) is 0 Å². The molecule has 0 aliphatic carbocycles. The van der Waals surface area contributed by atoms with Gasteiger partial charge in [0.1, 0.15) is 0 Å². The minimum absolute atomic E-state index is 0.0311. The number of hydrogen-bond donors (Lipinski definition) is 2. The summed E-state index contributed by atoms with van der Waals surface area (Å²) < 4.78 is 0. The summed E-state index contributed by atoms with van der Waals surface area (Å²) in [5.41, 5.74) is -0.0633. The standard InChI is InChI=1S/C14H24N2O2S/c1-10(17)9-16(5)13(18)15-12(14(2,3)4)11-7-6-8-19-11/h6-8,10,12,17H,9H2,1-5H3,(H,15,18). The highest BCUT2D eigenvalue weighted by atomic mass is 32.1. The van der Waals surface area contributed by atoms with Crippen LogP contribution in [0.1, 0.15) is 38.6 Å². The third-order valence-corrected chi connectivity index (χ3v) is 3.78. The Kier molecular flexibility index (Phi) is 5.38. The molecule has 0 radical (unpaired) electrons. The first-order valence-corrected chi connectivity index (χ1v) is 7.33. The molecular formula is C14H24N2O2S. The van der Waals surface area contributed by atoms with Crippen molar-refractivity contribution < 1.29 is 9.90 Å². The first-order valence-electron chi connectivity index (χ1n) is 6.45. The number of urea groups is 1. The second kappa shape index (κ2) is 6.39. The van der Waals surface area contributed by atoms with Gasteiger partial charge in [0, 0.05) is 18.5 Å². The molecule has 4 nitrogen and oxygen atoms in total. The number of thiophene rings is 1. The Morgan fingerprint density at radius 2 is 2.16 bits per heavy atom. The Morgan fingerprint density at radius 1 is 1.53 bits per heavy atom. The van der Waals surface area contributed by atoms with Crippen LogP contribution in [0.3, 0.4) is 0 Å². The molecule has 19 heavy (non-hydrogen) atoms. The number of aliphatic hydroxyl groups excluding tert-OH is 1. The number of carbonyl (C=O) groups is 1. The molecule has 1 aromatic heterocycles. The molecule has 2 N–H and O–H groups in total.